The molecule has 0 atom stereocenters. The van der Waals surface area contributed by atoms with Crippen LogP contribution in [-0.2, 0) is 4.79 Å². The van der Waals surface area contributed by atoms with Crippen molar-refractivity contribution in [3.8, 4) is 16.9 Å². The number of furan rings is 1. The predicted octanol–water partition coefficient (Wildman–Crippen LogP) is 3.03. The first-order valence-electron chi connectivity index (χ1n) is 5.69. The van der Waals surface area contributed by atoms with Gasteiger partial charge in [0.25, 0.3) is 5.91 Å². The lowest BCUT2D eigenvalue weighted by atomic mass is 10.1. The third kappa shape index (κ3) is 2.32. The number of carbonyl (C=O) groups excluding carboxylic acids is 1. The number of carbonyl (C=O) groups is 1. The number of primary amides is 1. The van der Waals surface area contributed by atoms with Gasteiger partial charge in [0.15, 0.2) is 6.61 Å². The Balaban J connectivity index is 2.01. The number of amides is 1. The van der Waals surface area contributed by atoms with Gasteiger partial charge in [-0.1, -0.05) is 0 Å². The zero-order valence-electron chi connectivity index (χ0n) is 9.96. The fraction of sp³-hybridized carbons (Fsp3) is 0.0714. The Bertz CT molecular complexity index is 715. The lowest BCUT2D eigenvalue weighted by Crippen LogP contribution is -2.19. The van der Waals surface area contributed by atoms with Crippen molar-refractivity contribution in [1.29, 1.82) is 0 Å². The summed E-state index contributed by atoms with van der Waals surface area (Å²) in [5.41, 5.74) is 7.97. The lowest BCUT2D eigenvalue weighted by molar-refractivity contribution is -0.119. The highest BCUT2D eigenvalue weighted by atomic mass is 32.1. The molecule has 0 unspecified atom stereocenters. The van der Waals surface area contributed by atoms with Gasteiger partial charge in [-0.15, -0.1) is 0 Å². The summed E-state index contributed by atoms with van der Waals surface area (Å²) in [6, 6.07) is 7.47. The van der Waals surface area contributed by atoms with Crippen molar-refractivity contribution in [1.82, 2.24) is 0 Å². The Morgan fingerprint density at radius 2 is 2.26 bits per heavy atom. The Hall–Kier alpha value is -2.27. The first-order chi connectivity index (χ1) is 9.24. The van der Waals surface area contributed by atoms with Crippen molar-refractivity contribution in [2.45, 2.75) is 0 Å². The SMILES string of the molecule is NC(=O)COc1ccc2occ(-c3ccsc3)c2c1. The highest BCUT2D eigenvalue weighted by Crippen LogP contribution is 2.33. The van der Waals surface area contributed by atoms with Gasteiger partial charge in [0.1, 0.15) is 11.3 Å². The topological polar surface area (TPSA) is 65.5 Å². The van der Waals surface area contributed by atoms with Crippen LogP contribution in [0.2, 0.25) is 0 Å². The number of fused-ring (bicyclic) bond motifs is 1. The van der Waals surface area contributed by atoms with Crippen LogP contribution in [0, 0.1) is 0 Å². The quantitative estimate of drug-likeness (QED) is 0.794. The number of benzene rings is 1. The van der Waals surface area contributed by atoms with E-state index in [-0.39, 0.29) is 6.61 Å². The summed E-state index contributed by atoms with van der Waals surface area (Å²) in [5.74, 6) is 0.106. The molecule has 3 aromatic rings. The standard InChI is InChI=1S/C14H11NO3S/c15-14(16)7-17-10-1-2-13-11(5-10)12(6-18-13)9-3-4-19-8-9/h1-6,8H,7H2,(H2,15,16). The highest BCUT2D eigenvalue weighted by molar-refractivity contribution is 7.08. The van der Waals surface area contributed by atoms with Gasteiger partial charge in [0.2, 0.25) is 0 Å². The van der Waals surface area contributed by atoms with E-state index in [9.17, 15) is 4.79 Å². The van der Waals surface area contributed by atoms with E-state index in [1.54, 1.807) is 23.7 Å². The van der Waals surface area contributed by atoms with Gasteiger partial charge in [-0.05, 0) is 40.6 Å². The van der Waals surface area contributed by atoms with E-state index >= 15 is 0 Å². The van der Waals surface area contributed by atoms with Crippen LogP contribution in [0.25, 0.3) is 22.1 Å². The number of rotatable bonds is 4. The number of thiophene rings is 1. The molecule has 0 radical (unpaired) electrons. The van der Waals surface area contributed by atoms with Crippen molar-refractivity contribution >= 4 is 28.2 Å². The molecular weight excluding hydrogens is 262 g/mol. The normalized spacial score (nSPS) is 10.7. The van der Waals surface area contributed by atoms with Gasteiger partial charge in [0, 0.05) is 10.9 Å². The maximum atomic E-state index is 10.7. The molecule has 0 bridgehead atoms. The molecule has 96 valence electrons. The predicted molar refractivity (Wildman–Crippen MR) is 74.2 cm³/mol. The molecule has 2 N–H and O–H groups in total. The fourth-order valence-electron chi connectivity index (χ4n) is 1.89. The molecule has 3 rings (SSSR count). The monoisotopic (exact) mass is 273 g/mol. The van der Waals surface area contributed by atoms with Crippen LogP contribution >= 0.6 is 11.3 Å². The molecule has 19 heavy (non-hydrogen) atoms. The lowest BCUT2D eigenvalue weighted by Gasteiger charge is -2.03. The van der Waals surface area contributed by atoms with Crippen LogP contribution in [-0.4, -0.2) is 12.5 Å². The average Bonchev–Trinajstić information content (AvgIpc) is 3.04. The molecule has 0 aliphatic heterocycles. The minimum atomic E-state index is -0.495. The Morgan fingerprint density at radius 3 is 3.00 bits per heavy atom. The Morgan fingerprint density at radius 1 is 1.37 bits per heavy atom. The van der Waals surface area contributed by atoms with Crippen LogP contribution in [0.3, 0.4) is 0 Å². The molecule has 0 aliphatic carbocycles. The van der Waals surface area contributed by atoms with Crippen molar-refractivity contribution in [2.75, 3.05) is 6.61 Å². The van der Waals surface area contributed by atoms with Gasteiger partial charge < -0.3 is 14.9 Å². The average molecular weight is 273 g/mol. The fourth-order valence-corrected chi connectivity index (χ4v) is 2.55. The van der Waals surface area contributed by atoms with Crippen LogP contribution < -0.4 is 10.5 Å². The van der Waals surface area contributed by atoms with E-state index < -0.39 is 5.91 Å². The van der Waals surface area contributed by atoms with Crippen LogP contribution in [0.5, 0.6) is 5.75 Å². The second kappa shape index (κ2) is 4.78. The summed E-state index contributed by atoms with van der Waals surface area (Å²) in [4.78, 5) is 10.7. The number of nitrogens with two attached hydrogens (primary N) is 1. The highest BCUT2D eigenvalue weighted by Gasteiger charge is 2.10. The molecular formula is C14H11NO3S. The third-order valence-corrected chi connectivity index (χ3v) is 3.44. The van der Waals surface area contributed by atoms with E-state index in [0.29, 0.717) is 5.75 Å². The zero-order valence-corrected chi connectivity index (χ0v) is 10.8. The summed E-state index contributed by atoms with van der Waals surface area (Å²) < 4.78 is 10.8. The molecule has 5 heteroatoms. The van der Waals surface area contributed by atoms with Crippen molar-refractivity contribution < 1.29 is 13.9 Å². The molecule has 1 amide bonds. The van der Waals surface area contributed by atoms with E-state index in [4.69, 9.17) is 14.9 Å². The summed E-state index contributed by atoms with van der Waals surface area (Å²) >= 11 is 1.63. The van der Waals surface area contributed by atoms with E-state index in [1.807, 2.05) is 23.6 Å². The van der Waals surface area contributed by atoms with Crippen molar-refractivity contribution in [3.05, 3.63) is 41.3 Å². The maximum Gasteiger partial charge on any atom is 0.255 e. The first-order valence-corrected chi connectivity index (χ1v) is 6.63. The van der Waals surface area contributed by atoms with Gasteiger partial charge in [-0.25, -0.2) is 0 Å². The Labute approximate surface area is 113 Å². The molecule has 1 aromatic carbocycles. The minimum Gasteiger partial charge on any atom is -0.484 e. The molecule has 0 saturated carbocycles. The first kappa shape index (κ1) is 11.8. The minimum absolute atomic E-state index is 0.128. The summed E-state index contributed by atoms with van der Waals surface area (Å²) in [5, 5.41) is 5.03. The van der Waals surface area contributed by atoms with Crippen LogP contribution in [0.4, 0.5) is 0 Å². The van der Waals surface area contributed by atoms with Crippen molar-refractivity contribution in [2.24, 2.45) is 5.73 Å². The van der Waals surface area contributed by atoms with Crippen LogP contribution in [0.1, 0.15) is 0 Å². The summed E-state index contributed by atoms with van der Waals surface area (Å²) in [7, 11) is 0. The van der Waals surface area contributed by atoms with E-state index in [2.05, 4.69) is 5.38 Å². The smallest absolute Gasteiger partial charge is 0.255 e. The second-order valence-electron chi connectivity index (χ2n) is 4.07. The van der Waals surface area contributed by atoms with Gasteiger partial charge >= 0.3 is 0 Å². The van der Waals surface area contributed by atoms with Crippen LogP contribution in [0.15, 0.2) is 45.7 Å². The molecule has 0 spiro atoms. The van der Waals surface area contributed by atoms with Gasteiger partial charge in [-0.3, -0.25) is 4.79 Å². The van der Waals surface area contributed by atoms with E-state index in [1.165, 1.54) is 0 Å². The molecule has 2 aromatic heterocycles. The Kier molecular flexibility index (Phi) is 2.97. The van der Waals surface area contributed by atoms with Crippen molar-refractivity contribution in [3.63, 3.8) is 0 Å². The van der Waals surface area contributed by atoms with Gasteiger partial charge in [0.05, 0.1) is 6.26 Å². The maximum absolute atomic E-state index is 10.7. The molecule has 2 heterocycles. The van der Waals surface area contributed by atoms with Gasteiger partial charge in [-0.2, -0.15) is 11.3 Å². The summed E-state index contributed by atoms with van der Waals surface area (Å²) in [6.07, 6.45) is 1.73. The molecule has 0 aliphatic rings. The second-order valence-corrected chi connectivity index (χ2v) is 4.85. The van der Waals surface area contributed by atoms with E-state index in [0.717, 1.165) is 22.1 Å². The molecule has 4 nitrogen and oxygen atoms in total. The third-order valence-electron chi connectivity index (χ3n) is 2.76. The molecule has 0 fully saturated rings. The summed E-state index contributed by atoms with van der Waals surface area (Å²) in [6.45, 7) is -0.128. The largest absolute Gasteiger partial charge is 0.484 e. The zero-order chi connectivity index (χ0) is 13.2. The number of ether oxygens (including phenoxy) is 1. The number of hydrogen-bond donors (Lipinski definition) is 1. The number of hydrogen-bond acceptors (Lipinski definition) is 4. The molecule has 0 saturated heterocycles.